The van der Waals surface area contributed by atoms with E-state index in [9.17, 15) is 58.8 Å². The Morgan fingerprint density at radius 3 is 0.843 bits per heavy atom. The number of nitrogens with one attached hydrogen (secondary N) is 8. The molecule has 3 aliphatic carbocycles. The van der Waals surface area contributed by atoms with E-state index in [0.29, 0.717) is 73.3 Å². The molecule has 8 aromatic rings. The lowest BCUT2D eigenvalue weighted by atomic mass is 10.0. The van der Waals surface area contributed by atoms with E-state index >= 15 is 0 Å². The number of carbonyl (C=O) groups excluding carboxylic acids is 8. The number of pyridine rings is 4. The number of aryl methyl sites for hydroxylation is 4. The number of anilines is 4. The fourth-order valence-electron chi connectivity index (χ4n) is 21.5. The van der Waals surface area contributed by atoms with Gasteiger partial charge < -0.3 is 82.6 Å². The molecule has 8 amide bonds. The molecule has 0 radical (unpaired) electrons. The maximum atomic E-state index is 13.8. The van der Waals surface area contributed by atoms with Gasteiger partial charge in [0.1, 0.15) is 46.0 Å². The Bertz CT molecular complexity index is 5620. The van der Waals surface area contributed by atoms with Crippen LogP contribution in [0.15, 0.2) is 49.1 Å². The van der Waals surface area contributed by atoms with E-state index in [1.807, 2.05) is 85.4 Å². The highest BCUT2D eigenvalue weighted by Crippen LogP contribution is 2.48. The van der Waals surface area contributed by atoms with E-state index in [0.717, 1.165) is 208 Å². The summed E-state index contributed by atoms with van der Waals surface area (Å²) in [5.41, 5.74) is 5.45. The first-order valence-corrected chi connectivity index (χ1v) is 54.2. The molecule has 12 N–H and O–H groups in total. The summed E-state index contributed by atoms with van der Waals surface area (Å²) in [6, 6.07) is 11.5. The molecule has 140 heavy (non-hydrogen) atoms. The van der Waals surface area contributed by atoms with Crippen LogP contribution < -0.4 is 42.5 Å². The number of hydrogen-bond acceptors (Lipinski definition) is 28. The molecule has 32 nitrogen and oxygen atoms in total. The van der Waals surface area contributed by atoms with Crippen molar-refractivity contribution >= 4 is 116 Å². The molecule has 0 aromatic carbocycles. The number of rotatable bonds is 32. The second-order valence-electron chi connectivity index (χ2n) is 42.9. The zero-order chi connectivity index (χ0) is 99.8. The maximum Gasteiger partial charge on any atom is 0.280 e. The number of carbonyl (C=O) groups is 8. The molecule has 11 aliphatic rings. The lowest BCUT2D eigenvalue weighted by molar-refractivity contribution is 0.0691. The monoisotopic (exact) mass is 1990 g/mol. The molecule has 0 spiro atoms. The van der Waals surface area contributed by atoms with Gasteiger partial charge in [-0.05, 0) is 315 Å². The van der Waals surface area contributed by atoms with Crippen molar-refractivity contribution < 1.29 is 58.8 Å². The molecule has 11 fully saturated rings. The largest absolute Gasteiger partial charge is 0.393 e. The SMILES string of the molecule is CC[C@@H](C)Nc1cc(C)c(-c2sc(C(=O)N[C@@H]3CC[C@@H](O)C3)nc2C(=O)N2C3CCC2CC3)cn1.CC[C@@H](Nc1cc(C)c(-c2sc(C(=O)NCC(C)(C)O)nc2C(=O)N2C3CCC2CC3)cn1)C1CC1.CC[C@H](Nc1cc(C)c(-c2sc(C(=O)NCC(C)(C)O)nc2C(=O)N2C3CCC2CC3)cn1)C1CC1.Cc1cc(NC(C)C)ncc1-c1sc(C(=O)NCC(C)(C)O)nc1C(=O)N1C2CCC1CC2. The molecule has 8 aromatic heterocycles. The van der Waals surface area contributed by atoms with Crippen LogP contribution in [0, 0.1) is 39.5 Å². The molecule has 8 bridgehead atoms. The Hall–Kier alpha value is -10.1. The highest BCUT2D eigenvalue weighted by molar-refractivity contribution is 7.18. The first kappa shape index (κ1) is 103. The minimum atomic E-state index is -1.04. The van der Waals surface area contributed by atoms with Crippen LogP contribution in [0.5, 0.6) is 0 Å². The predicted octanol–water partition coefficient (Wildman–Crippen LogP) is 16.5. The van der Waals surface area contributed by atoms with Crippen molar-refractivity contribution in [1.82, 2.24) is 80.7 Å². The second kappa shape index (κ2) is 43.2. The molecule has 5 atom stereocenters. The summed E-state index contributed by atoms with van der Waals surface area (Å²) in [7, 11) is 0. The van der Waals surface area contributed by atoms with Crippen molar-refractivity contribution in [2.75, 3.05) is 40.9 Å². The van der Waals surface area contributed by atoms with Crippen LogP contribution in [0.1, 0.15) is 353 Å². The summed E-state index contributed by atoms with van der Waals surface area (Å²) < 4.78 is 0. The van der Waals surface area contributed by atoms with Crippen LogP contribution in [0.3, 0.4) is 0 Å². The number of fused-ring (bicyclic) bond motifs is 8. The van der Waals surface area contributed by atoms with Crippen LogP contribution in [0.25, 0.3) is 41.8 Å². The van der Waals surface area contributed by atoms with Crippen molar-refractivity contribution in [3.63, 3.8) is 0 Å². The fraction of sp³-hybridized carbons (Fsp3) is 0.615. The first-order valence-electron chi connectivity index (χ1n) is 50.9. The normalized spacial score (nSPS) is 22.6. The summed E-state index contributed by atoms with van der Waals surface area (Å²) in [4.78, 5) is 154. The lowest BCUT2D eigenvalue weighted by Gasteiger charge is -2.22. The topological polar surface area (TPSA) is 430 Å². The minimum Gasteiger partial charge on any atom is -0.393 e. The van der Waals surface area contributed by atoms with Gasteiger partial charge in [0.25, 0.3) is 47.3 Å². The van der Waals surface area contributed by atoms with E-state index in [2.05, 4.69) is 110 Å². The zero-order valence-electron chi connectivity index (χ0n) is 83.9. The van der Waals surface area contributed by atoms with Gasteiger partial charge in [-0.2, -0.15) is 0 Å². The summed E-state index contributed by atoms with van der Waals surface area (Å²) in [6.45, 7) is 30.8. The highest BCUT2D eigenvalue weighted by Gasteiger charge is 2.49. The third-order valence-corrected chi connectivity index (χ3v) is 33.8. The summed E-state index contributed by atoms with van der Waals surface area (Å²) in [5, 5.41) is 65.9. The molecule has 0 unspecified atom stereocenters. The van der Waals surface area contributed by atoms with Crippen LogP contribution in [-0.4, -0.2) is 248 Å². The van der Waals surface area contributed by atoms with E-state index in [4.69, 9.17) is 0 Å². The minimum absolute atomic E-state index is 0.0623. The molecule has 8 aliphatic heterocycles. The molecule has 16 heterocycles. The van der Waals surface area contributed by atoms with Crippen LogP contribution in [-0.2, 0) is 0 Å². The van der Waals surface area contributed by atoms with Gasteiger partial charge in [0.15, 0.2) is 20.0 Å². The Kier molecular flexibility index (Phi) is 31.7. The van der Waals surface area contributed by atoms with E-state index in [1.165, 1.54) is 71.0 Å². The smallest absolute Gasteiger partial charge is 0.280 e. The molecular weight excluding hydrogens is 1850 g/mol. The average Bonchev–Trinajstić information content (AvgIpc) is 1.62. The number of amides is 8. The van der Waals surface area contributed by atoms with Gasteiger partial charge in [0.2, 0.25) is 0 Å². The summed E-state index contributed by atoms with van der Waals surface area (Å²) in [5.74, 6) is 2.91. The van der Waals surface area contributed by atoms with Gasteiger partial charge in [-0.3, -0.25) is 38.4 Å². The number of nitrogens with zero attached hydrogens (tertiary/aromatic N) is 12. The molecule has 36 heteroatoms. The Morgan fingerprint density at radius 1 is 0.364 bits per heavy atom. The highest BCUT2D eigenvalue weighted by atomic mass is 32.1. The number of thiazole rings is 4. The Labute approximate surface area is 837 Å². The molecular formula is C104H142N20O12S4. The van der Waals surface area contributed by atoms with Crippen LogP contribution in [0.4, 0.5) is 23.3 Å². The van der Waals surface area contributed by atoms with Crippen molar-refractivity contribution in [2.45, 2.75) is 379 Å². The van der Waals surface area contributed by atoms with Gasteiger partial charge in [-0.25, -0.2) is 39.9 Å². The van der Waals surface area contributed by atoms with Gasteiger partial charge in [0, 0.05) is 145 Å². The molecule has 754 valence electrons. The van der Waals surface area contributed by atoms with Gasteiger partial charge in [-0.15, -0.1) is 45.3 Å². The summed E-state index contributed by atoms with van der Waals surface area (Å²) >= 11 is 4.91. The number of aliphatic hydroxyl groups is 4. The third-order valence-electron chi connectivity index (χ3n) is 29.4. The number of aliphatic hydroxyl groups excluding tert-OH is 1. The standard InChI is InChI=1S/2C27H37N5O3S.C26H35N5O3S.C24H33N5O3S/c2*1-5-20(16-6-7-16)30-21-12-15(2)19(13-28-21)23-22(26(34)32-17-8-9-18(32)11-10-17)31-25(36-23)24(33)29-14-27(3,4)35;1-4-15(3)28-21-11-14(2)20(13-27-21)23-22(26(34)31-17-6-7-18(31)9-8-17)30-25(35-23)24(33)29-16-5-10-19(32)12-16;1-13(2)27-18-10-14(3)17(11-25-18)20-19(23(31)29-15-6-7-16(29)9-8-15)28-22(33-20)21(30)26-12-24(4,5)32/h2*12-13,16-18,20,35H,5-11,14H2,1-4H3,(H,28,30)(H,29,33);11,13,15-19,32H,4-10,12H2,1-3H3,(H,27,28)(H,29,33);10-11,13,15-16,32H,6-9,12H2,1-5H3,(H,25,27)(H,26,30)/t2*17?,18?,20-;15-,16-,17?,18?,19-;/m101./s1. The summed E-state index contributed by atoms with van der Waals surface area (Å²) in [6.07, 6.45) is 33.6. The first-order chi connectivity index (χ1) is 66.6. The van der Waals surface area contributed by atoms with E-state index in [1.54, 1.807) is 66.3 Å². The average molecular weight is 1990 g/mol. The van der Waals surface area contributed by atoms with Gasteiger partial charge >= 0.3 is 0 Å². The van der Waals surface area contributed by atoms with Crippen molar-refractivity contribution in [1.29, 1.82) is 0 Å². The third kappa shape index (κ3) is 24.0. The van der Waals surface area contributed by atoms with E-state index in [-0.39, 0.29) is 148 Å². The maximum absolute atomic E-state index is 13.8. The second-order valence-corrected chi connectivity index (χ2v) is 46.9. The quantitative estimate of drug-likeness (QED) is 0.0186. The number of aromatic nitrogens is 8. The van der Waals surface area contributed by atoms with Crippen LogP contribution >= 0.6 is 45.3 Å². The predicted molar refractivity (Wildman–Crippen MR) is 549 cm³/mol. The van der Waals surface area contributed by atoms with Crippen molar-refractivity contribution in [3.8, 4) is 41.8 Å². The van der Waals surface area contributed by atoms with Crippen molar-refractivity contribution in [2.24, 2.45) is 11.8 Å². The van der Waals surface area contributed by atoms with Gasteiger partial charge in [-0.1, -0.05) is 20.8 Å². The zero-order valence-corrected chi connectivity index (χ0v) is 87.2. The number of hydrogen-bond donors (Lipinski definition) is 12. The van der Waals surface area contributed by atoms with E-state index < -0.39 is 22.7 Å². The molecule has 8 saturated heterocycles. The van der Waals surface area contributed by atoms with Gasteiger partial charge in [0.05, 0.1) is 42.4 Å². The molecule has 3 saturated carbocycles. The fourth-order valence-corrected chi connectivity index (χ4v) is 25.7. The lowest BCUT2D eigenvalue weighted by Crippen LogP contribution is -2.38. The Balaban J connectivity index is 0.000000135. The molecule has 19 rings (SSSR count). The Morgan fingerprint density at radius 2 is 0.621 bits per heavy atom. The van der Waals surface area contributed by atoms with Crippen molar-refractivity contribution in [3.05, 3.63) is 114 Å². The van der Waals surface area contributed by atoms with Crippen LogP contribution in [0.2, 0.25) is 0 Å².